The summed E-state index contributed by atoms with van der Waals surface area (Å²) in [7, 11) is 0. The Bertz CT molecular complexity index is 461. The number of hydrogen-bond acceptors (Lipinski definition) is 2. The molecule has 0 saturated heterocycles. The molecule has 2 aliphatic rings. The first-order valence-electron chi connectivity index (χ1n) is 8.15. The van der Waals surface area contributed by atoms with E-state index in [9.17, 15) is 4.79 Å². The van der Waals surface area contributed by atoms with Gasteiger partial charge in [-0.2, -0.15) is 0 Å². The van der Waals surface area contributed by atoms with Crippen molar-refractivity contribution < 1.29 is 4.79 Å². The molecule has 1 aromatic carbocycles. The SMILES string of the molecule is NC1CCCCCC1C(=O)c1ccc(C2CCC2)cc1. The highest BCUT2D eigenvalue weighted by atomic mass is 16.1. The summed E-state index contributed by atoms with van der Waals surface area (Å²) >= 11 is 0. The summed E-state index contributed by atoms with van der Waals surface area (Å²) < 4.78 is 0. The van der Waals surface area contributed by atoms with Crippen molar-refractivity contribution in [1.82, 2.24) is 0 Å². The van der Waals surface area contributed by atoms with Crippen LogP contribution in [-0.2, 0) is 0 Å². The molecule has 0 radical (unpaired) electrons. The third-order valence-electron chi connectivity index (χ3n) is 5.18. The van der Waals surface area contributed by atoms with Gasteiger partial charge >= 0.3 is 0 Å². The summed E-state index contributed by atoms with van der Waals surface area (Å²) in [6.45, 7) is 0. The molecule has 2 nitrogen and oxygen atoms in total. The number of ketones is 1. The maximum atomic E-state index is 12.6. The van der Waals surface area contributed by atoms with E-state index in [1.165, 1.54) is 37.7 Å². The minimum Gasteiger partial charge on any atom is -0.327 e. The number of carbonyl (C=O) groups excluding carboxylic acids is 1. The van der Waals surface area contributed by atoms with Gasteiger partial charge in [0.2, 0.25) is 0 Å². The van der Waals surface area contributed by atoms with E-state index in [4.69, 9.17) is 5.73 Å². The zero-order valence-corrected chi connectivity index (χ0v) is 12.2. The Hall–Kier alpha value is -1.15. The molecule has 2 N–H and O–H groups in total. The van der Waals surface area contributed by atoms with Gasteiger partial charge in [-0.25, -0.2) is 0 Å². The fraction of sp³-hybridized carbons (Fsp3) is 0.611. The predicted octanol–water partition coefficient (Wildman–Crippen LogP) is 4.04. The fourth-order valence-corrected chi connectivity index (χ4v) is 3.54. The highest BCUT2D eigenvalue weighted by Crippen LogP contribution is 2.36. The summed E-state index contributed by atoms with van der Waals surface area (Å²) in [5.74, 6) is 1.03. The summed E-state index contributed by atoms with van der Waals surface area (Å²) in [5.41, 5.74) is 8.46. The van der Waals surface area contributed by atoms with Gasteiger partial charge in [-0.05, 0) is 37.2 Å². The van der Waals surface area contributed by atoms with Crippen LogP contribution in [0.2, 0.25) is 0 Å². The Kier molecular flexibility index (Phi) is 4.21. The van der Waals surface area contributed by atoms with Gasteiger partial charge in [0.1, 0.15) is 0 Å². The van der Waals surface area contributed by atoms with Crippen LogP contribution in [0.3, 0.4) is 0 Å². The molecule has 108 valence electrons. The normalized spacial score (nSPS) is 27.6. The molecule has 20 heavy (non-hydrogen) atoms. The lowest BCUT2D eigenvalue weighted by Crippen LogP contribution is -2.34. The summed E-state index contributed by atoms with van der Waals surface area (Å²) in [6, 6.07) is 8.40. The first kappa shape index (κ1) is 13.8. The van der Waals surface area contributed by atoms with Gasteiger partial charge in [0.05, 0.1) is 0 Å². The van der Waals surface area contributed by atoms with E-state index < -0.39 is 0 Å². The van der Waals surface area contributed by atoms with E-state index in [1.54, 1.807) is 0 Å². The molecule has 3 rings (SSSR count). The van der Waals surface area contributed by atoms with Crippen LogP contribution < -0.4 is 5.73 Å². The van der Waals surface area contributed by atoms with E-state index in [-0.39, 0.29) is 17.7 Å². The summed E-state index contributed by atoms with van der Waals surface area (Å²) in [6.07, 6.45) is 9.46. The van der Waals surface area contributed by atoms with Crippen molar-refractivity contribution in [3.63, 3.8) is 0 Å². The molecule has 1 aromatic rings. The second-order valence-corrected chi connectivity index (χ2v) is 6.52. The molecule has 2 saturated carbocycles. The van der Waals surface area contributed by atoms with Gasteiger partial charge < -0.3 is 5.73 Å². The molecule has 2 atom stereocenters. The molecular weight excluding hydrogens is 246 g/mol. The molecule has 2 heteroatoms. The molecular formula is C18H25NO. The molecule has 0 heterocycles. The lowest BCUT2D eigenvalue weighted by Gasteiger charge is -2.26. The molecule has 0 spiro atoms. The Morgan fingerprint density at radius 2 is 1.60 bits per heavy atom. The van der Waals surface area contributed by atoms with Crippen LogP contribution in [0.4, 0.5) is 0 Å². The monoisotopic (exact) mass is 271 g/mol. The van der Waals surface area contributed by atoms with Crippen molar-refractivity contribution in [3.8, 4) is 0 Å². The molecule has 2 aliphatic carbocycles. The molecule has 0 amide bonds. The van der Waals surface area contributed by atoms with Crippen molar-refractivity contribution in [2.45, 2.75) is 63.3 Å². The third kappa shape index (κ3) is 2.80. The van der Waals surface area contributed by atoms with Crippen LogP contribution in [0.1, 0.15) is 73.2 Å². The molecule has 0 bridgehead atoms. The van der Waals surface area contributed by atoms with E-state index in [2.05, 4.69) is 12.1 Å². The molecule has 2 fully saturated rings. The van der Waals surface area contributed by atoms with Gasteiger partial charge in [-0.3, -0.25) is 4.79 Å². The van der Waals surface area contributed by atoms with Crippen LogP contribution >= 0.6 is 0 Å². The first-order valence-corrected chi connectivity index (χ1v) is 8.15. The second-order valence-electron chi connectivity index (χ2n) is 6.52. The predicted molar refractivity (Wildman–Crippen MR) is 81.9 cm³/mol. The third-order valence-corrected chi connectivity index (χ3v) is 5.18. The maximum Gasteiger partial charge on any atom is 0.167 e. The van der Waals surface area contributed by atoms with Gasteiger partial charge in [0.25, 0.3) is 0 Å². The van der Waals surface area contributed by atoms with Crippen LogP contribution in [0.15, 0.2) is 24.3 Å². The first-order chi connectivity index (χ1) is 9.75. The van der Waals surface area contributed by atoms with Crippen molar-refractivity contribution in [2.75, 3.05) is 0 Å². The molecule has 0 aliphatic heterocycles. The maximum absolute atomic E-state index is 12.6. The standard InChI is InChI=1S/C18H25NO/c19-17-8-3-1-2-7-16(17)18(20)15-11-9-14(10-12-15)13-5-4-6-13/h9-13,16-17H,1-8,19H2. The Labute approximate surface area is 121 Å². The molecule has 2 unspecified atom stereocenters. The van der Waals surface area contributed by atoms with Gasteiger partial charge in [0, 0.05) is 17.5 Å². The fourth-order valence-electron chi connectivity index (χ4n) is 3.54. The van der Waals surface area contributed by atoms with Crippen LogP contribution in [-0.4, -0.2) is 11.8 Å². The minimum atomic E-state index is 0.0343. The Balaban J connectivity index is 1.72. The number of carbonyl (C=O) groups is 1. The highest BCUT2D eigenvalue weighted by molar-refractivity contribution is 5.98. The Morgan fingerprint density at radius 3 is 2.25 bits per heavy atom. The number of hydrogen-bond donors (Lipinski definition) is 1. The smallest absolute Gasteiger partial charge is 0.167 e. The largest absolute Gasteiger partial charge is 0.327 e. The highest BCUT2D eigenvalue weighted by Gasteiger charge is 2.28. The van der Waals surface area contributed by atoms with Crippen molar-refractivity contribution in [1.29, 1.82) is 0 Å². The van der Waals surface area contributed by atoms with E-state index >= 15 is 0 Å². The summed E-state index contributed by atoms with van der Waals surface area (Å²) in [4.78, 5) is 12.6. The van der Waals surface area contributed by atoms with Crippen molar-refractivity contribution >= 4 is 5.78 Å². The van der Waals surface area contributed by atoms with Crippen LogP contribution in [0, 0.1) is 5.92 Å². The van der Waals surface area contributed by atoms with E-state index in [0.717, 1.165) is 30.7 Å². The summed E-state index contributed by atoms with van der Waals surface area (Å²) in [5, 5.41) is 0. The topological polar surface area (TPSA) is 43.1 Å². The van der Waals surface area contributed by atoms with Crippen molar-refractivity contribution in [3.05, 3.63) is 35.4 Å². The number of rotatable bonds is 3. The second kappa shape index (κ2) is 6.09. The van der Waals surface area contributed by atoms with Gasteiger partial charge in [0.15, 0.2) is 5.78 Å². The van der Waals surface area contributed by atoms with Crippen LogP contribution in [0.25, 0.3) is 0 Å². The molecule has 0 aromatic heterocycles. The van der Waals surface area contributed by atoms with Crippen molar-refractivity contribution in [2.24, 2.45) is 11.7 Å². The zero-order chi connectivity index (χ0) is 13.9. The Morgan fingerprint density at radius 1 is 0.900 bits per heavy atom. The average molecular weight is 271 g/mol. The van der Waals surface area contributed by atoms with E-state index in [1.807, 2.05) is 12.1 Å². The number of Topliss-reactive ketones (excluding diaryl/α,β-unsaturated/α-hetero) is 1. The quantitative estimate of drug-likeness (QED) is 0.666. The minimum absolute atomic E-state index is 0.0343. The lowest BCUT2D eigenvalue weighted by atomic mass is 9.79. The number of benzene rings is 1. The van der Waals surface area contributed by atoms with Gasteiger partial charge in [-0.1, -0.05) is 49.9 Å². The number of nitrogens with two attached hydrogens (primary N) is 1. The van der Waals surface area contributed by atoms with E-state index in [0.29, 0.717) is 0 Å². The lowest BCUT2D eigenvalue weighted by molar-refractivity contribution is 0.0894. The van der Waals surface area contributed by atoms with Crippen LogP contribution in [0.5, 0.6) is 0 Å². The zero-order valence-electron chi connectivity index (χ0n) is 12.2. The average Bonchev–Trinajstić information content (AvgIpc) is 2.62. The van der Waals surface area contributed by atoms with Gasteiger partial charge in [-0.15, -0.1) is 0 Å².